The molecule has 15 heteroatoms. The molecule has 0 bridgehead atoms. The van der Waals surface area contributed by atoms with Crippen LogP contribution in [0.4, 0.5) is 26.3 Å². The lowest BCUT2D eigenvalue weighted by atomic mass is 10.3. The highest BCUT2D eigenvalue weighted by Gasteiger charge is 2.82. The molecule has 0 unspecified atom stereocenters. The van der Waals surface area contributed by atoms with Crippen molar-refractivity contribution in [3.05, 3.63) is 28.3 Å². The van der Waals surface area contributed by atoms with Crippen LogP contribution >= 0.6 is 0 Å². The van der Waals surface area contributed by atoms with Gasteiger partial charge in [0.25, 0.3) is 9.84 Å². The molecule has 0 aromatic carbocycles. The molecule has 0 rings (SSSR count). The first-order chi connectivity index (χ1) is 9.02. The molecule has 0 saturated heterocycles. The standard InChI is InChI=1S/C6HF6N2O5S2/c1-13-3(14-2)20(15,16)5(9,10)4(7,8)6(11,12)21(17,18)19/h(H,17,18,19)/q-1. The normalized spacial score (nSPS) is 14.1. The number of nitrogens with zero attached hydrogens (tertiary/aromatic N) is 2. The summed E-state index contributed by atoms with van der Waals surface area (Å²) in [5, 5.41) is -13.8. The van der Waals surface area contributed by atoms with Gasteiger partial charge in [0.2, 0.25) is 0 Å². The van der Waals surface area contributed by atoms with Crippen LogP contribution in [0.1, 0.15) is 0 Å². The largest absolute Gasteiger partial charge is 0.439 e. The van der Waals surface area contributed by atoms with Crippen molar-refractivity contribution in [1.29, 1.82) is 0 Å². The third-order valence-corrected chi connectivity index (χ3v) is 4.32. The van der Waals surface area contributed by atoms with Crippen molar-refractivity contribution in [3.63, 3.8) is 0 Å². The maximum Gasteiger partial charge on any atom is 0.439 e. The molecular formula is C6HF6N2O5S2-. The first-order valence-corrected chi connectivity index (χ1v) is 6.91. The van der Waals surface area contributed by atoms with E-state index in [2.05, 4.69) is 0 Å². The zero-order valence-electron chi connectivity index (χ0n) is 9.06. The Morgan fingerprint density at radius 2 is 1.19 bits per heavy atom. The second-order valence-corrected chi connectivity index (χ2v) is 6.44. The minimum Gasteiger partial charge on any atom is -0.363 e. The molecule has 7 nitrogen and oxygen atoms in total. The summed E-state index contributed by atoms with van der Waals surface area (Å²) in [7, 11) is -14.1. The summed E-state index contributed by atoms with van der Waals surface area (Å²) < 4.78 is 127. The van der Waals surface area contributed by atoms with Gasteiger partial charge in [-0.1, -0.05) is 0 Å². The Morgan fingerprint density at radius 3 is 1.43 bits per heavy atom. The molecule has 0 aliphatic heterocycles. The van der Waals surface area contributed by atoms with Crippen LogP contribution in [0.15, 0.2) is 0 Å². The van der Waals surface area contributed by atoms with E-state index >= 15 is 0 Å². The lowest BCUT2D eigenvalue weighted by Crippen LogP contribution is -2.60. The topological polar surface area (TPSA) is 97.2 Å². The fourth-order valence-corrected chi connectivity index (χ4v) is 2.21. The van der Waals surface area contributed by atoms with Crippen molar-refractivity contribution in [2.75, 3.05) is 0 Å². The minimum absolute atomic E-state index is 1.66. The van der Waals surface area contributed by atoms with Crippen LogP contribution < -0.4 is 0 Å². The van der Waals surface area contributed by atoms with E-state index in [1.165, 1.54) is 0 Å². The molecule has 120 valence electrons. The fourth-order valence-electron chi connectivity index (χ4n) is 0.760. The molecule has 0 atom stereocenters. The summed E-state index contributed by atoms with van der Waals surface area (Å²) in [5.74, 6) is -7.16. The van der Waals surface area contributed by atoms with E-state index in [1.54, 1.807) is 9.69 Å². The molecule has 0 aliphatic rings. The third kappa shape index (κ3) is 2.47. The molecule has 21 heavy (non-hydrogen) atoms. The smallest absolute Gasteiger partial charge is 0.363 e. The van der Waals surface area contributed by atoms with E-state index in [0.29, 0.717) is 0 Å². The summed E-state index contributed by atoms with van der Waals surface area (Å²) >= 11 is 0. The number of rotatable bonds is 5. The molecule has 0 aromatic rings. The summed E-state index contributed by atoms with van der Waals surface area (Å²) in [4.78, 5) is 3.31. The van der Waals surface area contributed by atoms with Gasteiger partial charge in [-0.3, -0.25) is 17.7 Å². The third-order valence-electron chi connectivity index (χ3n) is 1.82. The molecule has 0 aromatic heterocycles. The zero-order valence-corrected chi connectivity index (χ0v) is 10.7. The minimum atomic E-state index is -7.16. The average molecular weight is 359 g/mol. The Bertz CT molecular complexity index is 702. The molecular weight excluding hydrogens is 358 g/mol. The van der Waals surface area contributed by atoms with E-state index < -0.39 is 41.9 Å². The van der Waals surface area contributed by atoms with Crippen LogP contribution in [0.5, 0.6) is 0 Å². The summed E-state index contributed by atoms with van der Waals surface area (Å²) in [6.45, 7) is 12.1. The Morgan fingerprint density at radius 1 is 0.857 bits per heavy atom. The molecule has 0 heterocycles. The maximum atomic E-state index is 13.1. The van der Waals surface area contributed by atoms with Crippen LogP contribution in [0.2, 0.25) is 0 Å². The highest BCUT2D eigenvalue weighted by atomic mass is 32.2. The van der Waals surface area contributed by atoms with Crippen LogP contribution in [0.3, 0.4) is 0 Å². The van der Waals surface area contributed by atoms with Gasteiger partial charge < -0.3 is 9.69 Å². The van der Waals surface area contributed by atoms with E-state index in [1.807, 2.05) is 0 Å². The van der Waals surface area contributed by atoms with E-state index in [-0.39, 0.29) is 0 Å². The number of hydrogen-bond donors (Lipinski definition) is 1. The first kappa shape index (κ1) is 19.3. The zero-order chi connectivity index (χ0) is 17.5. The van der Waals surface area contributed by atoms with Gasteiger partial charge in [-0.15, -0.1) is 0 Å². The molecule has 0 radical (unpaired) electrons. The van der Waals surface area contributed by atoms with Gasteiger partial charge in [0.05, 0.1) is 0 Å². The van der Waals surface area contributed by atoms with Crippen LogP contribution in [-0.2, 0) is 20.0 Å². The number of halogens is 6. The molecule has 0 saturated carbocycles. The second-order valence-electron chi connectivity index (χ2n) is 3.09. The second kappa shape index (κ2) is 4.93. The Hall–Kier alpha value is -1.71. The van der Waals surface area contributed by atoms with Crippen molar-refractivity contribution in [2.24, 2.45) is 0 Å². The first-order valence-electron chi connectivity index (χ1n) is 3.99. The predicted molar refractivity (Wildman–Crippen MR) is 51.8 cm³/mol. The number of hydrogen-bond acceptors (Lipinski definition) is 4. The Kier molecular flexibility index (Phi) is 4.53. The van der Waals surface area contributed by atoms with E-state index in [9.17, 15) is 43.2 Å². The maximum absolute atomic E-state index is 13.1. The monoisotopic (exact) mass is 359 g/mol. The Balaban J connectivity index is 6.43. The average Bonchev–Trinajstić information content (AvgIpc) is 2.27. The van der Waals surface area contributed by atoms with Gasteiger partial charge in [-0.05, 0) is 0 Å². The molecule has 0 fully saturated rings. The van der Waals surface area contributed by atoms with Crippen molar-refractivity contribution >= 4 is 20.0 Å². The number of alkyl halides is 6. The van der Waals surface area contributed by atoms with Crippen LogP contribution in [0, 0.1) is 18.6 Å². The van der Waals surface area contributed by atoms with E-state index in [4.69, 9.17) is 17.7 Å². The van der Waals surface area contributed by atoms with Gasteiger partial charge in [0.15, 0.2) is 0 Å². The molecule has 0 aliphatic carbocycles. The highest BCUT2D eigenvalue weighted by molar-refractivity contribution is 7.95. The quantitative estimate of drug-likeness (QED) is 0.455. The van der Waals surface area contributed by atoms with Crippen molar-refractivity contribution < 1.29 is 47.7 Å². The molecule has 0 amide bonds. The summed E-state index contributed by atoms with van der Waals surface area (Å²) in [6.07, 6.45) is 0. The lowest BCUT2D eigenvalue weighted by molar-refractivity contribution is -0.245. The number of sulfone groups is 1. The SMILES string of the molecule is [C-]#[N+][C-]([N+]#[C-])S(=O)(=O)C(F)(F)C(F)(F)C(F)(F)S(=O)(=O)O. The van der Waals surface area contributed by atoms with Crippen LogP contribution in [0.25, 0.3) is 9.69 Å². The van der Waals surface area contributed by atoms with Crippen molar-refractivity contribution in [3.8, 4) is 0 Å². The molecule has 1 N–H and O–H groups in total. The van der Waals surface area contributed by atoms with E-state index in [0.717, 1.165) is 0 Å². The summed E-state index contributed by atoms with van der Waals surface area (Å²) in [6, 6.07) is 0. The van der Waals surface area contributed by atoms with Crippen molar-refractivity contribution in [1.82, 2.24) is 0 Å². The Labute approximate surface area is 113 Å². The highest BCUT2D eigenvalue weighted by Crippen LogP contribution is 2.52. The van der Waals surface area contributed by atoms with Gasteiger partial charge in [0.1, 0.15) is 0 Å². The van der Waals surface area contributed by atoms with Gasteiger partial charge in [0, 0.05) is 0 Å². The predicted octanol–water partition coefficient (Wildman–Crippen LogP) is 1.40. The molecule has 0 spiro atoms. The van der Waals surface area contributed by atoms with Gasteiger partial charge in [-0.25, -0.2) is 8.42 Å². The lowest BCUT2D eigenvalue weighted by Gasteiger charge is -2.30. The van der Waals surface area contributed by atoms with Gasteiger partial charge in [-0.2, -0.15) is 34.8 Å². The summed E-state index contributed by atoms with van der Waals surface area (Å²) in [5.41, 5.74) is -2.58. The van der Waals surface area contributed by atoms with Crippen molar-refractivity contribution in [2.45, 2.75) is 16.4 Å². The van der Waals surface area contributed by atoms with Gasteiger partial charge >= 0.3 is 32.0 Å². The fraction of sp³-hybridized carbons (Fsp3) is 0.500. The van der Waals surface area contributed by atoms with Crippen LogP contribution in [-0.4, -0.2) is 37.8 Å².